The van der Waals surface area contributed by atoms with Crippen molar-refractivity contribution < 1.29 is 22.4 Å². The van der Waals surface area contributed by atoms with E-state index in [0.717, 1.165) is 17.8 Å². The van der Waals surface area contributed by atoms with E-state index < -0.39 is 6.68 Å². The number of hydrogen-bond donors (Lipinski definition) is 0. The molecule has 1 aliphatic heterocycles. The van der Waals surface area contributed by atoms with E-state index in [4.69, 9.17) is 4.74 Å². The summed E-state index contributed by atoms with van der Waals surface area (Å²) in [5.74, 6) is 0. The molecular formula is C12H25F3NO+. The lowest BCUT2D eigenvalue weighted by atomic mass is 10.0. The lowest BCUT2D eigenvalue weighted by Gasteiger charge is -2.45. The van der Waals surface area contributed by atoms with Crippen LogP contribution in [0.4, 0.5) is 13.2 Å². The van der Waals surface area contributed by atoms with Crippen LogP contribution >= 0.6 is 0 Å². The van der Waals surface area contributed by atoms with Crippen molar-refractivity contribution >= 4 is 0 Å². The molecular weight excluding hydrogens is 231 g/mol. The fourth-order valence-electron chi connectivity index (χ4n) is 2.20. The van der Waals surface area contributed by atoms with Gasteiger partial charge >= 0.3 is 6.68 Å². The van der Waals surface area contributed by atoms with Gasteiger partial charge in [0.05, 0.1) is 18.6 Å². The van der Waals surface area contributed by atoms with Gasteiger partial charge in [0.1, 0.15) is 0 Å². The normalized spacial score (nSPS) is 19.1. The molecule has 0 bridgehead atoms. The van der Waals surface area contributed by atoms with E-state index in [1.165, 1.54) is 25.9 Å². The first kappa shape index (κ1) is 16.7. The number of nitrogens with zero attached hydrogens (tertiary/aromatic N) is 1. The molecule has 0 amide bonds. The van der Waals surface area contributed by atoms with Crippen molar-refractivity contribution in [1.29, 1.82) is 0 Å². The summed E-state index contributed by atoms with van der Waals surface area (Å²) in [5, 5.41) is 0. The first-order valence-electron chi connectivity index (χ1n) is 6.11. The van der Waals surface area contributed by atoms with E-state index in [9.17, 15) is 13.2 Å². The Bertz CT molecular complexity index is 196. The fourth-order valence-corrected chi connectivity index (χ4v) is 2.20. The molecule has 1 saturated heterocycles. The Morgan fingerprint density at radius 1 is 1.12 bits per heavy atom. The molecule has 0 N–H and O–H groups in total. The summed E-state index contributed by atoms with van der Waals surface area (Å²) in [6.45, 7) is 9.74. The predicted molar refractivity (Wildman–Crippen MR) is 62.6 cm³/mol. The molecule has 0 aliphatic carbocycles. The maximum absolute atomic E-state index is 9.67. The van der Waals surface area contributed by atoms with E-state index in [2.05, 4.69) is 27.7 Å². The van der Waals surface area contributed by atoms with Crippen molar-refractivity contribution in [1.82, 2.24) is 0 Å². The van der Waals surface area contributed by atoms with E-state index in [1.54, 1.807) is 0 Å². The van der Waals surface area contributed by atoms with Crippen molar-refractivity contribution in [3.8, 4) is 0 Å². The van der Waals surface area contributed by atoms with Crippen LogP contribution in [0.5, 0.6) is 0 Å². The van der Waals surface area contributed by atoms with Crippen molar-refractivity contribution in [2.45, 2.75) is 52.8 Å². The van der Waals surface area contributed by atoms with E-state index in [1.807, 2.05) is 0 Å². The minimum Gasteiger partial charge on any atom is -0.332 e. The van der Waals surface area contributed by atoms with Crippen molar-refractivity contribution in [2.24, 2.45) is 0 Å². The van der Waals surface area contributed by atoms with Gasteiger partial charge in [0, 0.05) is 19.4 Å². The summed E-state index contributed by atoms with van der Waals surface area (Å²) in [4.78, 5) is 0. The van der Waals surface area contributed by atoms with E-state index in [0.29, 0.717) is 5.54 Å². The van der Waals surface area contributed by atoms with Gasteiger partial charge in [-0.15, -0.1) is 0 Å². The van der Waals surface area contributed by atoms with Crippen molar-refractivity contribution in [3.63, 3.8) is 0 Å². The number of ether oxygens (including phenoxy) is 1. The Kier molecular flexibility index (Phi) is 7.09. The van der Waals surface area contributed by atoms with Crippen LogP contribution in [-0.2, 0) is 4.74 Å². The quantitative estimate of drug-likeness (QED) is 0.701. The Balaban J connectivity index is 0.000000557. The van der Waals surface area contributed by atoms with E-state index >= 15 is 0 Å². The van der Waals surface area contributed by atoms with Gasteiger partial charge in [-0.2, -0.15) is 13.2 Å². The Morgan fingerprint density at radius 2 is 1.53 bits per heavy atom. The topological polar surface area (TPSA) is 9.23 Å². The maximum Gasteiger partial charge on any atom is 0.379 e. The number of alkyl halides is 3. The van der Waals surface area contributed by atoms with Gasteiger partial charge in [0.25, 0.3) is 0 Å². The second-order valence-electron chi connectivity index (χ2n) is 5.34. The molecule has 2 nitrogen and oxygen atoms in total. The Labute approximate surface area is 102 Å². The van der Waals surface area contributed by atoms with Crippen LogP contribution in [0.25, 0.3) is 0 Å². The summed E-state index contributed by atoms with van der Waals surface area (Å²) in [5.41, 5.74) is 0.339. The lowest BCUT2D eigenvalue weighted by molar-refractivity contribution is -0.976. The summed E-state index contributed by atoms with van der Waals surface area (Å²) in [7, 11) is 0. The molecule has 0 aromatic heterocycles. The van der Waals surface area contributed by atoms with Gasteiger partial charge in [-0.3, -0.25) is 4.48 Å². The van der Waals surface area contributed by atoms with E-state index in [-0.39, 0.29) is 0 Å². The van der Waals surface area contributed by atoms with Crippen LogP contribution in [0.1, 0.15) is 40.5 Å². The molecule has 1 aliphatic rings. The van der Waals surface area contributed by atoms with Gasteiger partial charge in [0.15, 0.2) is 6.73 Å². The highest BCUT2D eigenvalue weighted by Crippen LogP contribution is 2.30. The third-order valence-corrected chi connectivity index (χ3v) is 3.39. The second-order valence-corrected chi connectivity index (χ2v) is 5.34. The predicted octanol–water partition coefficient (Wildman–Crippen LogP) is 3.57. The largest absolute Gasteiger partial charge is 0.379 e. The second kappa shape index (κ2) is 7.21. The lowest BCUT2D eigenvalue weighted by Crippen LogP contribution is -2.59. The summed E-state index contributed by atoms with van der Waals surface area (Å²) in [6, 6.07) is 0. The van der Waals surface area contributed by atoms with Gasteiger partial charge in [-0.25, -0.2) is 0 Å². The fraction of sp³-hybridized carbons (Fsp3) is 1.00. The molecule has 0 unspecified atom stereocenters. The molecule has 1 heterocycles. The van der Waals surface area contributed by atoms with Crippen LogP contribution in [0.15, 0.2) is 0 Å². The first-order valence-corrected chi connectivity index (χ1v) is 6.11. The maximum atomic E-state index is 9.67. The average molecular weight is 256 g/mol. The third-order valence-electron chi connectivity index (χ3n) is 3.39. The van der Waals surface area contributed by atoms with Gasteiger partial charge < -0.3 is 4.74 Å². The standard InChI is InChI=1S/C11H24NO.CHF3/c1-5-13-10-12(11(2,3)4)8-6-7-9-12;2-1(3)4/h5-10H2,1-4H3;1H/q+1;. The van der Waals surface area contributed by atoms with Crippen LogP contribution in [0.3, 0.4) is 0 Å². The summed E-state index contributed by atoms with van der Waals surface area (Å²) in [6.07, 6.45) is 2.73. The minimum absolute atomic E-state index is 0.339. The minimum atomic E-state index is -3.67. The van der Waals surface area contributed by atoms with Crippen molar-refractivity contribution in [3.05, 3.63) is 0 Å². The molecule has 0 radical (unpaired) electrons. The van der Waals surface area contributed by atoms with Crippen LogP contribution in [0, 0.1) is 0 Å². The Hall–Kier alpha value is -0.290. The molecule has 5 heteroatoms. The smallest absolute Gasteiger partial charge is 0.332 e. The molecule has 104 valence electrons. The number of rotatable bonds is 3. The highest BCUT2D eigenvalue weighted by Gasteiger charge is 2.42. The highest BCUT2D eigenvalue weighted by molar-refractivity contribution is 4.67. The van der Waals surface area contributed by atoms with Gasteiger partial charge in [-0.1, -0.05) is 0 Å². The number of likely N-dealkylation sites (tertiary alicyclic amines) is 1. The first-order chi connectivity index (χ1) is 7.75. The zero-order valence-corrected chi connectivity index (χ0v) is 11.3. The molecule has 0 saturated carbocycles. The summed E-state index contributed by atoms with van der Waals surface area (Å²) < 4.78 is 35.8. The molecule has 0 atom stereocenters. The number of quaternary nitrogens is 1. The molecule has 1 fully saturated rings. The Morgan fingerprint density at radius 3 is 1.82 bits per heavy atom. The van der Waals surface area contributed by atoms with Gasteiger partial charge in [0.2, 0.25) is 0 Å². The number of hydrogen-bond acceptors (Lipinski definition) is 1. The SMILES string of the molecule is CCOC[N+]1(C(C)(C)C)CCCC1.FC(F)F. The number of halogens is 3. The molecule has 0 aromatic rings. The molecule has 17 heavy (non-hydrogen) atoms. The molecule has 0 spiro atoms. The monoisotopic (exact) mass is 256 g/mol. The zero-order valence-electron chi connectivity index (χ0n) is 11.3. The highest BCUT2D eigenvalue weighted by atomic mass is 19.4. The van der Waals surface area contributed by atoms with Crippen molar-refractivity contribution in [2.75, 3.05) is 26.4 Å². The average Bonchev–Trinajstić information content (AvgIpc) is 2.62. The zero-order chi connectivity index (χ0) is 13.5. The van der Waals surface area contributed by atoms with Crippen LogP contribution in [0.2, 0.25) is 0 Å². The molecule has 1 rings (SSSR count). The molecule has 0 aromatic carbocycles. The summed E-state index contributed by atoms with van der Waals surface area (Å²) >= 11 is 0. The van der Waals surface area contributed by atoms with Gasteiger partial charge in [-0.05, 0) is 27.7 Å². The van der Waals surface area contributed by atoms with Crippen LogP contribution in [-0.4, -0.2) is 43.1 Å². The third kappa shape index (κ3) is 5.73. The van der Waals surface area contributed by atoms with Crippen LogP contribution < -0.4 is 0 Å².